The molecule has 1 saturated heterocycles. The van der Waals surface area contributed by atoms with Gasteiger partial charge in [0.25, 0.3) is 10.0 Å². The summed E-state index contributed by atoms with van der Waals surface area (Å²) in [5, 5.41) is 0. The normalized spacial score (nSPS) is 18.5. The van der Waals surface area contributed by atoms with Gasteiger partial charge in [-0.3, -0.25) is 14.5 Å². The van der Waals surface area contributed by atoms with Crippen LogP contribution in [0.25, 0.3) is 0 Å². The van der Waals surface area contributed by atoms with Crippen LogP contribution in [0.4, 0.5) is 0 Å². The van der Waals surface area contributed by atoms with Gasteiger partial charge in [-0.05, 0) is 56.0 Å². The molecule has 8 heteroatoms. The molecule has 0 unspecified atom stereocenters. The van der Waals surface area contributed by atoms with E-state index in [4.69, 9.17) is 4.74 Å². The summed E-state index contributed by atoms with van der Waals surface area (Å²) in [6.45, 7) is 6.13. The molecular formula is C26H33N3O4S. The van der Waals surface area contributed by atoms with Gasteiger partial charge in [0.15, 0.2) is 0 Å². The number of fused-ring (bicyclic) bond motifs is 1. The number of sulfonamides is 1. The monoisotopic (exact) mass is 483 g/mol. The number of carbonyl (C=O) groups excluding carboxylic acids is 1. The molecule has 0 aromatic heterocycles. The number of nitrogens with one attached hydrogen (secondary N) is 1. The summed E-state index contributed by atoms with van der Waals surface area (Å²) in [5.41, 5.74) is 2.96. The second-order valence-corrected chi connectivity index (χ2v) is 10.8. The Labute approximate surface area is 202 Å². The summed E-state index contributed by atoms with van der Waals surface area (Å²) < 4.78 is 33.0. The van der Waals surface area contributed by atoms with Crippen LogP contribution in [0.2, 0.25) is 0 Å². The quantitative estimate of drug-likeness (QED) is 0.576. The van der Waals surface area contributed by atoms with E-state index in [-0.39, 0.29) is 16.9 Å². The Bertz CT molecular complexity index is 1170. The first-order valence-corrected chi connectivity index (χ1v) is 13.5. The molecule has 4 rings (SSSR count). The van der Waals surface area contributed by atoms with Crippen LogP contribution >= 0.6 is 0 Å². The van der Waals surface area contributed by atoms with E-state index in [2.05, 4.69) is 41.8 Å². The molecule has 0 radical (unpaired) electrons. The fourth-order valence-corrected chi connectivity index (χ4v) is 5.65. The Kier molecular flexibility index (Phi) is 7.56. The molecule has 1 amide bonds. The van der Waals surface area contributed by atoms with Crippen molar-refractivity contribution in [2.24, 2.45) is 4.99 Å². The van der Waals surface area contributed by atoms with E-state index in [9.17, 15) is 13.2 Å². The second-order valence-electron chi connectivity index (χ2n) is 9.11. The van der Waals surface area contributed by atoms with Crippen LogP contribution in [0.3, 0.4) is 0 Å². The number of likely N-dealkylation sites (tertiary alicyclic amines) is 1. The van der Waals surface area contributed by atoms with E-state index in [1.165, 1.54) is 5.56 Å². The van der Waals surface area contributed by atoms with Crippen molar-refractivity contribution in [2.45, 2.75) is 63.4 Å². The number of hydrogen-bond acceptors (Lipinski definition) is 5. The van der Waals surface area contributed by atoms with Crippen LogP contribution in [0, 0.1) is 13.8 Å². The summed E-state index contributed by atoms with van der Waals surface area (Å²) in [4.78, 5) is 19.3. The smallest absolute Gasteiger partial charge is 0.263 e. The summed E-state index contributed by atoms with van der Waals surface area (Å²) in [5.74, 6) is 1.56. The number of carbonyl (C=O) groups is 1. The molecule has 0 bridgehead atoms. The zero-order valence-corrected chi connectivity index (χ0v) is 20.7. The van der Waals surface area contributed by atoms with Gasteiger partial charge in [-0.25, -0.2) is 8.42 Å². The first kappa shape index (κ1) is 24.3. The van der Waals surface area contributed by atoms with Crippen molar-refractivity contribution in [1.82, 2.24) is 9.62 Å². The lowest BCUT2D eigenvalue weighted by Crippen LogP contribution is -2.41. The SMILES string of the molecule is Cc1ccc(C)c(OC2CCN(C(=O)CCCCCN=C3NS(=O)(=O)c4ccccc43)CC2)c1. The minimum absolute atomic E-state index is 0.154. The standard InChI is InChI=1S/C26H33N3O4S/c1-19-11-12-20(2)23(18-19)33-21-13-16-29(17-14-21)25(30)10-4-3-7-15-27-26-22-8-5-6-9-24(22)34(31,32)28-26/h5-6,8-9,11-12,18,21H,3-4,7,10,13-17H2,1-2H3,(H,27,28). The summed E-state index contributed by atoms with van der Waals surface area (Å²) >= 11 is 0. The molecule has 182 valence electrons. The van der Waals surface area contributed by atoms with Gasteiger partial charge >= 0.3 is 0 Å². The molecule has 0 saturated carbocycles. The van der Waals surface area contributed by atoms with Crippen molar-refractivity contribution in [3.05, 3.63) is 59.2 Å². The third-order valence-corrected chi connectivity index (χ3v) is 7.81. The van der Waals surface area contributed by atoms with Crippen LogP contribution < -0.4 is 9.46 Å². The predicted molar refractivity (Wildman–Crippen MR) is 133 cm³/mol. The summed E-state index contributed by atoms with van der Waals surface area (Å²) in [6.07, 6.45) is 4.90. The third kappa shape index (κ3) is 5.78. The lowest BCUT2D eigenvalue weighted by atomic mass is 10.1. The van der Waals surface area contributed by atoms with Crippen LogP contribution in [0.1, 0.15) is 55.2 Å². The Morgan fingerprint density at radius 1 is 1.09 bits per heavy atom. The number of nitrogens with zero attached hydrogens (tertiary/aromatic N) is 2. The maximum absolute atomic E-state index is 12.6. The van der Waals surface area contributed by atoms with Crippen molar-refractivity contribution < 1.29 is 17.9 Å². The largest absolute Gasteiger partial charge is 0.490 e. The Morgan fingerprint density at radius 3 is 2.65 bits per heavy atom. The van der Waals surface area contributed by atoms with Gasteiger partial charge in [0.2, 0.25) is 5.91 Å². The molecule has 0 atom stereocenters. The first-order chi connectivity index (χ1) is 16.3. The van der Waals surface area contributed by atoms with Gasteiger partial charge in [0, 0.05) is 44.5 Å². The van der Waals surface area contributed by atoms with Crippen molar-refractivity contribution in [2.75, 3.05) is 19.6 Å². The fourth-order valence-electron chi connectivity index (χ4n) is 4.40. The van der Waals surface area contributed by atoms with Gasteiger partial charge in [0.1, 0.15) is 17.7 Å². The van der Waals surface area contributed by atoms with E-state index >= 15 is 0 Å². The summed E-state index contributed by atoms with van der Waals surface area (Å²) in [6, 6.07) is 13.1. The number of aliphatic imine (C=N–C) groups is 1. The molecule has 2 aromatic rings. The number of amidine groups is 1. The molecule has 2 heterocycles. The number of hydrogen-bond donors (Lipinski definition) is 1. The van der Waals surface area contributed by atoms with Gasteiger partial charge in [0.05, 0.1) is 4.90 Å². The Balaban J connectivity index is 1.15. The fraction of sp³-hybridized carbons (Fsp3) is 0.462. The predicted octanol–water partition coefficient (Wildman–Crippen LogP) is 3.97. The van der Waals surface area contributed by atoms with E-state index in [0.717, 1.165) is 56.5 Å². The molecule has 7 nitrogen and oxygen atoms in total. The summed E-state index contributed by atoms with van der Waals surface area (Å²) in [7, 11) is -3.49. The van der Waals surface area contributed by atoms with Gasteiger partial charge in [-0.1, -0.05) is 30.7 Å². The van der Waals surface area contributed by atoms with Gasteiger partial charge < -0.3 is 9.64 Å². The van der Waals surface area contributed by atoms with Crippen molar-refractivity contribution in [1.29, 1.82) is 0 Å². The van der Waals surface area contributed by atoms with Gasteiger partial charge in [-0.15, -0.1) is 0 Å². The number of ether oxygens (including phenoxy) is 1. The molecular weight excluding hydrogens is 450 g/mol. The highest BCUT2D eigenvalue weighted by atomic mass is 32.2. The third-order valence-electron chi connectivity index (χ3n) is 6.41. The zero-order chi connectivity index (χ0) is 24.1. The Hall–Kier alpha value is -2.87. The number of benzene rings is 2. The molecule has 0 aliphatic carbocycles. The lowest BCUT2D eigenvalue weighted by Gasteiger charge is -2.32. The van der Waals surface area contributed by atoms with Gasteiger partial charge in [-0.2, -0.15) is 0 Å². The van der Waals surface area contributed by atoms with Crippen LogP contribution in [-0.2, 0) is 14.8 Å². The molecule has 2 aliphatic heterocycles. The van der Waals surface area contributed by atoms with Crippen LogP contribution in [0.5, 0.6) is 5.75 Å². The Morgan fingerprint density at radius 2 is 1.85 bits per heavy atom. The molecule has 2 aliphatic rings. The van der Waals surface area contributed by atoms with E-state index in [1.807, 2.05) is 4.90 Å². The second kappa shape index (κ2) is 10.6. The molecule has 1 fully saturated rings. The zero-order valence-electron chi connectivity index (χ0n) is 19.9. The lowest BCUT2D eigenvalue weighted by molar-refractivity contribution is -0.133. The number of aryl methyl sites for hydroxylation is 2. The molecule has 0 spiro atoms. The van der Waals surface area contributed by atoms with Crippen molar-refractivity contribution >= 4 is 21.8 Å². The number of piperidine rings is 1. The maximum Gasteiger partial charge on any atom is 0.263 e. The number of unbranched alkanes of at least 4 members (excludes halogenated alkanes) is 2. The van der Waals surface area contributed by atoms with Crippen molar-refractivity contribution in [3.63, 3.8) is 0 Å². The highest BCUT2D eigenvalue weighted by Gasteiger charge is 2.30. The van der Waals surface area contributed by atoms with Crippen LogP contribution in [0.15, 0.2) is 52.4 Å². The first-order valence-electron chi connectivity index (χ1n) is 12.0. The maximum atomic E-state index is 12.6. The number of rotatable bonds is 8. The highest BCUT2D eigenvalue weighted by molar-refractivity contribution is 7.90. The van der Waals surface area contributed by atoms with E-state index in [1.54, 1.807) is 24.3 Å². The molecule has 34 heavy (non-hydrogen) atoms. The van der Waals surface area contributed by atoms with E-state index < -0.39 is 10.0 Å². The van der Waals surface area contributed by atoms with Crippen molar-refractivity contribution in [3.8, 4) is 5.75 Å². The van der Waals surface area contributed by atoms with Crippen LogP contribution in [-0.4, -0.2) is 50.8 Å². The highest BCUT2D eigenvalue weighted by Crippen LogP contribution is 2.25. The average molecular weight is 484 g/mol. The number of amides is 1. The molecule has 1 N–H and O–H groups in total. The minimum atomic E-state index is -3.49. The van der Waals surface area contributed by atoms with E-state index in [0.29, 0.717) is 24.4 Å². The minimum Gasteiger partial charge on any atom is -0.490 e. The topological polar surface area (TPSA) is 88.1 Å². The average Bonchev–Trinajstić information content (AvgIpc) is 3.09. The molecule has 2 aromatic carbocycles.